The van der Waals surface area contributed by atoms with E-state index >= 15 is 0 Å². The molecular formula is C20H12N4O2. The molecule has 0 aliphatic rings. The molecule has 2 aromatic carbocycles. The van der Waals surface area contributed by atoms with Gasteiger partial charge in [-0.2, -0.15) is 0 Å². The molecule has 3 aromatic heterocycles. The van der Waals surface area contributed by atoms with E-state index in [1.54, 1.807) is 6.20 Å². The molecule has 0 saturated carbocycles. The topological polar surface area (TPSA) is 84.7 Å². The molecule has 0 spiro atoms. The van der Waals surface area contributed by atoms with Crippen molar-refractivity contribution in [3.05, 3.63) is 77.4 Å². The van der Waals surface area contributed by atoms with Gasteiger partial charge >= 0.3 is 0 Å². The maximum Gasteiger partial charge on any atom is 0.209 e. The minimum atomic E-state index is -0.173. The van der Waals surface area contributed by atoms with Crippen molar-refractivity contribution in [3.8, 4) is 22.5 Å². The lowest BCUT2D eigenvalue weighted by atomic mass is 10.0. The lowest BCUT2D eigenvalue weighted by Crippen LogP contribution is -2.06. The molecule has 0 aliphatic heterocycles. The summed E-state index contributed by atoms with van der Waals surface area (Å²) in [6.45, 7) is 0. The molecule has 6 heteroatoms. The second kappa shape index (κ2) is 5.63. The van der Waals surface area contributed by atoms with Gasteiger partial charge in [0.25, 0.3) is 0 Å². The van der Waals surface area contributed by atoms with E-state index in [2.05, 4.69) is 19.9 Å². The molecule has 1 N–H and O–H groups in total. The minimum Gasteiger partial charge on any atom is -0.443 e. The molecule has 5 rings (SSSR count). The van der Waals surface area contributed by atoms with E-state index in [0.29, 0.717) is 28.1 Å². The number of rotatable bonds is 2. The van der Waals surface area contributed by atoms with Gasteiger partial charge in [-0.15, -0.1) is 0 Å². The summed E-state index contributed by atoms with van der Waals surface area (Å²) >= 11 is 0. The van der Waals surface area contributed by atoms with Crippen molar-refractivity contribution in [3.63, 3.8) is 0 Å². The summed E-state index contributed by atoms with van der Waals surface area (Å²) in [4.78, 5) is 28.7. The summed E-state index contributed by atoms with van der Waals surface area (Å²) in [6.07, 6.45) is 2.98. The number of aromatic amines is 1. The smallest absolute Gasteiger partial charge is 0.209 e. The van der Waals surface area contributed by atoms with E-state index in [1.165, 1.54) is 12.5 Å². The number of oxazole rings is 1. The van der Waals surface area contributed by atoms with E-state index in [4.69, 9.17) is 4.42 Å². The molecule has 5 aromatic rings. The molecule has 0 radical (unpaired) electrons. The fraction of sp³-hybridized carbons (Fsp3) is 0. The molecule has 0 saturated heterocycles. The van der Waals surface area contributed by atoms with Gasteiger partial charge in [0.1, 0.15) is 5.52 Å². The number of aromatic nitrogens is 4. The van der Waals surface area contributed by atoms with Crippen LogP contribution in [0.25, 0.3) is 44.8 Å². The van der Waals surface area contributed by atoms with Gasteiger partial charge in [0.2, 0.25) is 5.43 Å². The molecule has 0 aliphatic carbocycles. The van der Waals surface area contributed by atoms with Gasteiger partial charge in [-0.05, 0) is 12.1 Å². The lowest BCUT2D eigenvalue weighted by molar-refractivity contribution is 0.602. The normalized spacial score (nSPS) is 11.2. The molecule has 3 heterocycles. The number of nitrogens with one attached hydrogen (secondary N) is 1. The van der Waals surface area contributed by atoms with E-state index in [0.717, 1.165) is 16.6 Å². The Hall–Kier alpha value is -3.80. The van der Waals surface area contributed by atoms with Crippen molar-refractivity contribution >= 4 is 22.3 Å². The number of benzene rings is 2. The molecule has 0 fully saturated rings. The molecule has 0 unspecified atom stereocenters. The number of pyridine rings is 1. The zero-order chi connectivity index (χ0) is 17.5. The number of H-pyrrole nitrogens is 1. The molecule has 0 atom stereocenters. The molecule has 124 valence electrons. The fourth-order valence-electron chi connectivity index (χ4n) is 2.98. The Labute approximate surface area is 147 Å². The van der Waals surface area contributed by atoms with Crippen LogP contribution >= 0.6 is 0 Å². The summed E-state index contributed by atoms with van der Waals surface area (Å²) in [5.74, 6) is 0. The first-order valence-corrected chi connectivity index (χ1v) is 8.08. The molecule has 6 nitrogen and oxygen atoms in total. The Morgan fingerprint density at radius 3 is 2.62 bits per heavy atom. The SMILES string of the molecule is O=c1cc[nH]c2nc(-c3ccccc3)c(-c3ccc4ncoc4c3)nc12. The van der Waals surface area contributed by atoms with E-state index in [1.807, 2.05) is 48.5 Å². The largest absolute Gasteiger partial charge is 0.443 e. The molecule has 0 amide bonds. The first kappa shape index (κ1) is 14.5. The van der Waals surface area contributed by atoms with Crippen molar-refractivity contribution in [2.45, 2.75) is 0 Å². The highest BCUT2D eigenvalue weighted by molar-refractivity contribution is 5.87. The fourth-order valence-corrected chi connectivity index (χ4v) is 2.98. The van der Waals surface area contributed by atoms with Gasteiger partial charge in [0.15, 0.2) is 23.1 Å². The van der Waals surface area contributed by atoms with Crippen LogP contribution in [-0.4, -0.2) is 19.9 Å². The highest BCUT2D eigenvalue weighted by Gasteiger charge is 2.15. The van der Waals surface area contributed by atoms with Crippen LogP contribution in [0.2, 0.25) is 0 Å². The summed E-state index contributed by atoms with van der Waals surface area (Å²) in [6, 6.07) is 16.8. The van der Waals surface area contributed by atoms with E-state index in [-0.39, 0.29) is 5.43 Å². The first-order chi connectivity index (χ1) is 12.8. The highest BCUT2D eigenvalue weighted by atomic mass is 16.3. The number of hydrogen-bond donors (Lipinski definition) is 1. The standard InChI is InChI=1S/C20H12N4O2/c25-15-8-9-21-20-19(15)23-18(17(24-20)12-4-2-1-3-5-12)13-6-7-14-16(10-13)26-11-22-14/h1-11H,(H,21,24,25). The maximum absolute atomic E-state index is 12.2. The maximum atomic E-state index is 12.2. The van der Waals surface area contributed by atoms with Crippen LogP contribution in [0, 0.1) is 0 Å². The van der Waals surface area contributed by atoms with Gasteiger partial charge < -0.3 is 9.40 Å². The summed E-state index contributed by atoms with van der Waals surface area (Å²) in [7, 11) is 0. The van der Waals surface area contributed by atoms with Crippen molar-refractivity contribution in [2.75, 3.05) is 0 Å². The molecule has 0 bridgehead atoms. The van der Waals surface area contributed by atoms with Crippen molar-refractivity contribution in [1.82, 2.24) is 19.9 Å². The van der Waals surface area contributed by atoms with E-state index in [9.17, 15) is 4.79 Å². The summed E-state index contributed by atoms with van der Waals surface area (Å²) in [5.41, 5.74) is 5.06. The Morgan fingerprint density at radius 2 is 1.73 bits per heavy atom. The third kappa shape index (κ3) is 2.28. The average Bonchev–Trinajstić information content (AvgIpc) is 3.16. The second-order valence-electron chi connectivity index (χ2n) is 5.86. The third-order valence-electron chi connectivity index (χ3n) is 4.24. The lowest BCUT2D eigenvalue weighted by Gasteiger charge is -2.10. The minimum absolute atomic E-state index is 0.173. The highest BCUT2D eigenvalue weighted by Crippen LogP contribution is 2.31. The van der Waals surface area contributed by atoms with Crippen LogP contribution in [0.15, 0.2) is 76.4 Å². The average molecular weight is 340 g/mol. The zero-order valence-electron chi connectivity index (χ0n) is 13.5. The number of fused-ring (bicyclic) bond motifs is 2. The second-order valence-corrected chi connectivity index (χ2v) is 5.86. The van der Waals surface area contributed by atoms with Crippen LogP contribution in [0.3, 0.4) is 0 Å². The van der Waals surface area contributed by atoms with E-state index < -0.39 is 0 Å². The number of hydrogen-bond acceptors (Lipinski definition) is 5. The Kier molecular flexibility index (Phi) is 3.15. The predicted molar refractivity (Wildman–Crippen MR) is 98.6 cm³/mol. The molecule has 26 heavy (non-hydrogen) atoms. The molecular weight excluding hydrogens is 328 g/mol. The first-order valence-electron chi connectivity index (χ1n) is 8.08. The third-order valence-corrected chi connectivity index (χ3v) is 4.24. The quantitative estimate of drug-likeness (QED) is 0.528. The Balaban J connectivity index is 1.86. The van der Waals surface area contributed by atoms with Crippen LogP contribution in [-0.2, 0) is 0 Å². The van der Waals surface area contributed by atoms with Crippen LogP contribution in [0.1, 0.15) is 0 Å². The van der Waals surface area contributed by atoms with Crippen molar-refractivity contribution < 1.29 is 4.42 Å². The summed E-state index contributed by atoms with van der Waals surface area (Å²) < 4.78 is 5.41. The van der Waals surface area contributed by atoms with Crippen LogP contribution < -0.4 is 5.43 Å². The zero-order valence-corrected chi connectivity index (χ0v) is 13.5. The van der Waals surface area contributed by atoms with Gasteiger partial charge in [-0.3, -0.25) is 4.79 Å². The van der Waals surface area contributed by atoms with Crippen LogP contribution in [0.4, 0.5) is 0 Å². The van der Waals surface area contributed by atoms with Crippen molar-refractivity contribution in [2.24, 2.45) is 0 Å². The van der Waals surface area contributed by atoms with Gasteiger partial charge in [0.05, 0.1) is 11.4 Å². The summed E-state index contributed by atoms with van der Waals surface area (Å²) in [5, 5.41) is 0. The Morgan fingerprint density at radius 1 is 0.885 bits per heavy atom. The monoisotopic (exact) mass is 340 g/mol. The van der Waals surface area contributed by atoms with Crippen LogP contribution in [0.5, 0.6) is 0 Å². The van der Waals surface area contributed by atoms with Gasteiger partial charge in [0, 0.05) is 23.4 Å². The van der Waals surface area contributed by atoms with Gasteiger partial charge in [-0.25, -0.2) is 15.0 Å². The van der Waals surface area contributed by atoms with Crippen molar-refractivity contribution in [1.29, 1.82) is 0 Å². The predicted octanol–water partition coefficient (Wildman–Crippen LogP) is 3.79. The van der Waals surface area contributed by atoms with Gasteiger partial charge in [-0.1, -0.05) is 36.4 Å². The number of nitrogens with zero attached hydrogens (tertiary/aromatic N) is 3. The Bertz CT molecular complexity index is 1310.